The molecule has 3 saturated heterocycles. The molecule has 6 rings (SSSR count). The number of benzene rings is 2. The highest BCUT2D eigenvalue weighted by Gasteiger charge is 2.66. The van der Waals surface area contributed by atoms with Gasteiger partial charge in [-0.25, -0.2) is 30.0 Å². The molecule has 0 spiro atoms. The number of carbonyl (C=O) groups excluding carboxylic acids is 5. The highest BCUT2D eigenvalue weighted by Crippen LogP contribution is 2.49. The van der Waals surface area contributed by atoms with E-state index < -0.39 is 81.6 Å². The highest BCUT2D eigenvalue weighted by atomic mass is 32.2. The first kappa shape index (κ1) is 40.9. The number of esters is 1. The average Bonchev–Trinajstić information content (AvgIpc) is 3.87. The first-order valence-corrected chi connectivity index (χ1v) is 19.6. The van der Waals surface area contributed by atoms with E-state index >= 15 is 0 Å². The molecule has 0 aliphatic carbocycles. The van der Waals surface area contributed by atoms with E-state index in [1.54, 1.807) is 34.6 Å². The summed E-state index contributed by atoms with van der Waals surface area (Å²) in [5.74, 6) is 1.53. The van der Waals surface area contributed by atoms with Gasteiger partial charge in [-0.15, -0.1) is 11.3 Å². The molecule has 5 N–H and O–H groups in total. The summed E-state index contributed by atoms with van der Waals surface area (Å²) in [6.07, 6.45) is -2.93. The molecule has 0 saturated carbocycles. The second-order valence-electron chi connectivity index (χ2n) is 14.7. The summed E-state index contributed by atoms with van der Waals surface area (Å²) in [7, 11) is 0. The fourth-order valence-corrected chi connectivity index (χ4v) is 8.57. The number of aromatic nitrogens is 1. The molecule has 302 valence electrons. The molecule has 18 nitrogen and oxygen atoms in total. The van der Waals surface area contributed by atoms with E-state index in [4.69, 9.17) is 20.2 Å². The number of thiazole rings is 1. The van der Waals surface area contributed by atoms with Crippen LogP contribution in [0.3, 0.4) is 0 Å². The van der Waals surface area contributed by atoms with Crippen molar-refractivity contribution in [3.63, 3.8) is 0 Å². The van der Waals surface area contributed by atoms with E-state index in [0.29, 0.717) is 11.1 Å². The van der Waals surface area contributed by atoms with Crippen LogP contribution < -0.4 is 16.5 Å². The number of ether oxygens (including phenoxy) is 2. The zero-order valence-corrected chi connectivity index (χ0v) is 33.2. The van der Waals surface area contributed by atoms with Crippen LogP contribution >= 0.6 is 23.1 Å². The van der Waals surface area contributed by atoms with Crippen molar-refractivity contribution in [1.82, 2.24) is 25.1 Å². The number of carboxylic acid groups (broad SMARTS) is 1. The van der Waals surface area contributed by atoms with Gasteiger partial charge in [-0.2, -0.15) is 0 Å². The van der Waals surface area contributed by atoms with Crippen molar-refractivity contribution in [2.24, 2.45) is 16.9 Å². The number of fused-ring (bicyclic) bond motifs is 1. The molecular weight excluding hydrogens is 781 g/mol. The molecule has 3 aliphatic heterocycles. The molecule has 4 atom stereocenters. The van der Waals surface area contributed by atoms with Crippen molar-refractivity contribution >= 4 is 69.8 Å². The number of hydrogen-bond acceptors (Lipinski definition) is 14. The number of nitrogens with zero attached hydrogens (tertiary/aromatic N) is 5. The van der Waals surface area contributed by atoms with Gasteiger partial charge in [0.05, 0.1) is 13.1 Å². The Bertz CT molecular complexity index is 2020. The number of hydrazine groups is 1. The van der Waals surface area contributed by atoms with E-state index in [-0.39, 0.29) is 30.5 Å². The van der Waals surface area contributed by atoms with Gasteiger partial charge in [-0.3, -0.25) is 24.8 Å². The van der Waals surface area contributed by atoms with Crippen LogP contribution in [0.2, 0.25) is 0 Å². The zero-order valence-electron chi connectivity index (χ0n) is 31.6. The number of carbonyl (C=O) groups is 6. The van der Waals surface area contributed by atoms with Crippen molar-refractivity contribution in [2.45, 2.75) is 68.7 Å². The Balaban J connectivity index is 1.26. The summed E-state index contributed by atoms with van der Waals surface area (Å²) in [5, 5.41) is 21.0. The smallest absolute Gasteiger partial charge is 0.413 e. The monoisotopic (exact) mass is 822 g/mol. The topological polar surface area (TPSA) is 235 Å². The van der Waals surface area contributed by atoms with Gasteiger partial charge in [0.1, 0.15) is 22.7 Å². The molecular formula is C37H42N8O10S2. The molecule has 4 heterocycles. The molecule has 3 aliphatic rings. The predicted octanol–water partition coefficient (Wildman–Crippen LogP) is 3.36. The van der Waals surface area contributed by atoms with Crippen LogP contribution in [0.15, 0.2) is 71.2 Å². The van der Waals surface area contributed by atoms with Gasteiger partial charge in [0, 0.05) is 17.8 Å². The predicted molar refractivity (Wildman–Crippen MR) is 207 cm³/mol. The number of rotatable bonds is 13. The lowest BCUT2D eigenvalue weighted by atomic mass is 10.0. The van der Waals surface area contributed by atoms with Crippen LogP contribution in [0.4, 0.5) is 14.7 Å². The van der Waals surface area contributed by atoms with E-state index in [2.05, 4.69) is 20.8 Å². The molecule has 1 aromatic heterocycles. The number of hydrogen-bond donors (Lipinski definition) is 4. The number of anilines is 1. The standard InChI is InChI=1S/C37H42N8O10S2/c1-20(2)26(31(48)53-27(21-12-8-6-9-13-21)22-14-10-7-11-15-22)55-42-24(23-18-56-33(39-23)41-34(51)54-36(3,4)5)28(46)40-25-29(47)43-19-37(32(49)50,57-30(25)43)44-16-17-45(38)35(44)52/h6-15,18,20,25-27,30H,16-17,19,38H2,1-5H3,(H,40,46)(H,49,50)(H,39,41,51)/b42-24-/t25-,26+,30-,37-/m1/s1. The van der Waals surface area contributed by atoms with E-state index in [9.17, 15) is 33.9 Å². The normalized spacial score (nSPS) is 21.3. The molecule has 57 heavy (non-hydrogen) atoms. The third kappa shape index (κ3) is 8.66. The van der Waals surface area contributed by atoms with Gasteiger partial charge in [0.25, 0.3) is 5.91 Å². The fourth-order valence-electron chi connectivity index (χ4n) is 6.25. The number of β-lactam (4-membered cyclic amide) rings is 1. The number of thioether (sulfide) groups is 1. The quantitative estimate of drug-likeness (QED) is 0.0484. The number of nitrogens with two attached hydrogens (primary N) is 1. The zero-order chi connectivity index (χ0) is 41.2. The Morgan fingerprint density at radius 2 is 1.65 bits per heavy atom. The molecule has 20 heteroatoms. The molecule has 2 aromatic carbocycles. The van der Waals surface area contributed by atoms with Gasteiger partial charge >= 0.3 is 24.1 Å². The lowest BCUT2D eigenvalue weighted by molar-refractivity contribution is -0.164. The van der Waals surface area contributed by atoms with E-state index in [0.717, 1.165) is 33.0 Å². The molecule has 0 unspecified atom stereocenters. The van der Waals surface area contributed by atoms with Crippen molar-refractivity contribution in [2.75, 3.05) is 25.0 Å². The van der Waals surface area contributed by atoms with Crippen LogP contribution in [0.1, 0.15) is 57.5 Å². The average molecular weight is 823 g/mol. The van der Waals surface area contributed by atoms with Gasteiger partial charge in [-0.05, 0) is 31.9 Å². The second-order valence-corrected chi connectivity index (χ2v) is 16.9. The summed E-state index contributed by atoms with van der Waals surface area (Å²) in [5.41, 5.74) is 0.0640. The van der Waals surface area contributed by atoms with Crippen LogP contribution in [-0.2, 0) is 33.5 Å². The molecule has 3 aromatic rings. The SMILES string of the molecule is CC(C)[C@H](O/N=C(\C(=O)N[C@@H]1C(=O)N2C[C@@](C(=O)O)(N3CCN(N)C3=O)S[C@H]12)c1csc(NC(=O)OC(C)(C)C)n1)C(=O)OC(c1ccccc1)c1ccccc1. The lowest BCUT2D eigenvalue weighted by Crippen LogP contribution is -2.68. The van der Waals surface area contributed by atoms with Crippen LogP contribution in [0.5, 0.6) is 0 Å². The maximum absolute atomic E-state index is 14.1. The van der Waals surface area contributed by atoms with Crippen molar-refractivity contribution in [3.05, 3.63) is 82.9 Å². The third-order valence-corrected chi connectivity index (χ3v) is 11.5. The first-order chi connectivity index (χ1) is 27.0. The Labute approximate surface area is 335 Å². The minimum atomic E-state index is -1.84. The third-order valence-electron chi connectivity index (χ3n) is 9.04. The number of urea groups is 1. The van der Waals surface area contributed by atoms with Gasteiger partial charge in [0.15, 0.2) is 16.9 Å². The Kier molecular flexibility index (Phi) is 11.8. The van der Waals surface area contributed by atoms with Crippen molar-refractivity contribution < 1.29 is 48.2 Å². The minimum absolute atomic E-state index is 0.0228. The van der Waals surface area contributed by atoms with Gasteiger partial charge in [-0.1, -0.05) is 91.4 Å². The maximum atomic E-state index is 14.1. The summed E-state index contributed by atoms with van der Waals surface area (Å²) in [6.45, 7) is 8.25. The number of oxime groups is 1. The van der Waals surface area contributed by atoms with E-state index in [1.165, 1.54) is 10.3 Å². The molecule has 0 bridgehead atoms. The molecule has 0 radical (unpaired) electrons. The summed E-state index contributed by atoms with van der Waals surface area (Å²) in [6, 6.07) is 16.3. The largest absolute Gasteiger partial charge is 0.479 e. The van der Waals surface area contributed by atoms with Crippen LogP contribution in [0, 0.1) is 5.92 Å². The summed E-state index contributed by atoms with van der Waals surface area (Å²) < 4.78 is 11.3. The second kappa shape index (κ2) is 16.4. The number of nitrogens with one attached hydrogen (secondary N) is 2. The van der Waals surface area contributed by atoms with Crippen molar-refractivity contribution in [3.8, 4) is 0 Å². The van der Waals surface area contributed by atoms with E-state index in [1.807, 2.05) is 60.7 Å². The van der Waals surface area contributed by atoms with Gasteiger partial charge in [0.2, 0.25) is 16.9 Å². The highest BCUT2D eigenvalue weighted by molar-refractivity contribution is 8.02. The fraction of sp³-hybridized carbons (Fsp3) is 0.405. The van der Waals surface area contributed by atoms with Crippen LogP contribution in [-0.4, -0.2) is 114 Å². The number of carboxylic acids is 1. The van der Waals surface area contributed by atoms with Crippen LogP contribution in [0.25, 0.3) is 0 Å². The molecule has 3 fully saturated rings. The summed E-state index contributed by atoms with van der Waals surface area (Å²) in [4.78, 5) is 89.8. The van der Waals surface area contributed by atoms with Gasteiger partial charge < -0.3 is 29.6 Å². The minimum Gasteiger partial charge on any atom is -0.479 e. The first-order valence-electron chi connectivity index (χ1n) is 17.9. The van der Waals surface area contributed by atoms with Crippen molar-refractivity contribution in [1.29, 1.82) is 0 Å². The Hall–Kier alpha value is -5.73. The Morgan fingerprint density at radius 3 is 2.19 bits per heavy atom. The number of amides is 5. The summed E-state index contributed by atoms with van der Waals surface area (Å²) >= 11 is 1.78. The maximum Gasteiger partial charge on any atom is 0.413 e. The molecule has 5 amide bonds. The lowest BCUT2D eigenvalue weighted by Gasteiger charge is -2.41. The Morgan fingerprint density at radius 1 is 1.02 bits per heavy atom. The number of aliphatic carboxylic acids is 1.